The van der Waals surface area contributed by atoms with Gasteiger partial charge in [-0.15, -0.1) is 0 Å². The van der Waals surface area contributed by atoms with Crippen molar-refractivity contribution in [3.8, 4) is 0 Å². The Labute approximate surface area is 115 Å². The van der Waals surface area contributed by atoms with Gasteiger partial charge in [-0.3, -0.25) is 4.90 Å². The fourth-order valence-corrected chi connectivity index (χ4v) is 1.99. The van der Waals surface area contributed by atoms with Crippen LogP contribution in [0.25, 0.3) is 0 Å². The highest BCUT2D eigenvalue weighted by molar-refractivity contribution is 5.13. The van der Waals surface area contributed by atoms with Gasteiger partial charge in [0.05, 0.1) is 25.9 Å². The van der Waals surface area contributed by atoms with Crippen LogP contribution in [0, 0.1) is 0 Å². The third-order valence-electron chi connectivity index (χ3n) is 2.85. The summed E-state index contributed by atoms with van der Waals surface area (Å²) < 4.78 is 5.50. The zero-order valence-electron chi connectivity index (χ0n) is 11.7. The van der Waals surface area contributed by atoms with Crippen molar-refractivity contribution in [3.63, 3.8) is 0 Å². The van der Waals surface area contributed by atoms with Gasteiger partial charge >= 0.3 is 0 Å². The Morgan fingerprint density at radius 2 is 1.95 bits per heavy atom. The minimum atomic E-state index is -0.512. The van der Waals surface area contributed by atoms with Gasteiger partial charge in [-0.25, -0.2) is 0 Å². The van der Waals surface area contributed by atoms with Gasteiger partial charge in [0, 0.05) is 13.1 Å². The molecule has 1 aromatic rings. The van der Waals surface area contributed by atoms with E-state index >= 15 is 0 Å². The molecule has 0 spiro atoms. The highest BCUT2D eigenvalue weighted by Gasteiger charge is 2.10. The molecule has 4 heteroatoms. The van der Waals surface area contributed by atoms with Gasteiger partial charge in [-0.1, -0.05) is 37.3 Å². The first kappa shape index (κ1) is 16.1. The van der Waals surface area contributed by atoms with Gasteiger partial charge in [-0.05, 0) is 18.5 Å². The monoisotopic (exact) mass is 267 g/mol. The molecule has 19 heavy (non-hydrogen) atoms. The maximum atomic E-state index is 9.90. The van der Waals surface area contributed by atoms with Gasteiger partial charge < -0.3 is 14.9 Å². The van der Waals surface area contributed by atoms with Gasteiger partial charge in [0.25, 0.3) is 0 Å². The molecule has 0 heterocycles. The lowest BCUT2D eigenvalue weighted by molar-refractivity contribution is 0.00767. The van der Waals surface area contributed by atoms with Gasteiger partial charge in [-0.2, -0.15) is 0 Å². The Morgan fingerprint density at radius 1 is 1.21 bits per heavy atom. The zero-order chi connectivity index (χ0) is 13.9. The van der Waals surface area contributed by atoms with Crippen molar-refractivity contribution in [2.45, 2.75) is 26.1 Å². The second-order valence-corrected chi connectivity index (χ2v) is 4.68. The molecule has 0 aliphatic carbocycles. The lowest BCUT2D eigenvalue weighted by atomic mass is 10.2. The summed E-state index contributed by atoms with van der Waals surface area (Å²) in [6.45, 7) is 5.08. The molecule has 108 valence electrons. The highest BCUT2D eigenvalue weighted by Crippen LogP contribution is 2.02. The predicted molar refractivity (Wildman–Crippen MR) is 75.9 cm³/mol. The molecule has 4 nitrogen and oxygen atoms in total. The molecule has 0 saturated carbocycles. The average molecular weight is 267 g/mol. The molecule has 0 bridgehead atoms. The van der Waals surface area contributed by atoms with Crippen molar-refractivity contribution in [2.24, 2.45) is 0 Å². The normalized spacial score (nSPS) is 12.8. The van der Waals surface area contributed by atoms with E-state index in [9.17, 15) is 5.11 Å². The Balaban J connectivity index is 2.20. The lowest BCUT2D eigenvalue weighted by Crippen LogP contribution is -2.37. The molecule has 1 unspecified atom stereocenters. The van der Waals surface area contributed by atoms with Gasteiger partial charge in [0.1, 0.15) is 0 Å². The largest absolute Gasteiger partial charge is 0.395 e. The van der Waals surface area contributed by atoms with Crippen LogP contribution < -0.4 is 0 Å². The molecule has 2 N–H and O–H groups in total. The fraction of sp³-hybridized carbons (Fsp3) is 0.600. The summed E-state index contributed by atoms with van der Waals surface area (Å²) in [6, 6.07) is 9.91. The van der Waals surface area contributed by atoms with Crippen molar-refractivity contribution < 1.29 is 14.9 Å². The van der Waals surface area contributed by atoms with Gasteiger partial charge in [0.2, 0.25) is 0 Å². The molecular formula is C15H25NO3. The number of nitrogens with zero attached hydrogens (tertiary/aromatic N) is 1. The second kappa shape index (κ2) is 9.92. The van der Waals surface area contributed by atoms with Crippen molar-refractivity contribution in [1.29, 1.82) is 0 Å². The van der Waals surface area contributed by atoms with Crippen molar-refractivity contribution >= 4 is 0 Å². The van der Waals surface area contributed by atoms with Crippen LogP contribution in [0.2, 0.25) is 0 Å². The molecule has 1 rings (SSSR count). The topological polar surface area (TPSA) is 52.9 Å². The van der Waals surface area contributed by atoms with Crippen LogP contribution in [0.3, 0.4) is 0 Å². The Hall–Kier alpha value is -0.940. The molecule has 0 fully saturated rings. The molecular weight excluding hydrogens is 242 g/mol. The fourth-order valence-electron chi connectivity index (χ4n) is 1.99. The molecule has 0 aliphatic heterocycles. The number of benzene rings is 1. The van der Waals surface area contributed by atoms with E-state index in [1.165, 1.54) is 0 Å². The van der Waals surface area contributed by atoms with Crippen LogP contribution in [-0.2, 0) is 11.3 Å². The van der Waals surface area contributed by atoms with Crippen LogP contribution in [0.15, 0.2) is 30.3 Å². The molecule has 1 atom stereocenters. The summed E-state index contributed by atoms with van der Waals surface area (Å²) in [5, 5.41) is 18.8. The van der Waals surface area contributed by atoms with Gasteiger partial charge in [0.15, 0.2) is 0 Å². The number of hydrogen-bond acceptors (Lipinski definition) is 4. The number of hydrogen-bond donors (Lipinski definition) is 2. The van der Waals surface area contributed by atoms with Crippen molar-refractivity contribution in [1.82, 2.24) is 4.90 Å². The Bertz CT molecular complexity index is 312. The summed E-state index contributed by atoms with van der Waals surface area (Å²) in [6.07, 6.45) is 0.499. The lowest BCUT2D eigenvalue weighted by Gasteiger charge is -2.23. The first-order valence-corrected chi connectivity index (χ1v) is 6.89. The molecule has 0 aromatic heterocycles. The maximum absolute atomic E-state index is 9.90. The van der Waals surface area contributed by atoms with Crippen LogP contribution in [0.1, 0.15) is 18.9 Å². The van der Waals surface area contributed by atoms with E-state index in [0.29, 0.717) is 26.3 Å². The average Bonchev–Trinajstić information content (AvgIpc) is 2.40. The van der Waals surface area contributed by atoms with Crippen molar-refractivity contribution in [2.75, 3.05) is 32.8 Å². The van der Waals surface area contributed by atoms with E-state index in [1.54, 1.807) is 0 Å². The SMILES string of the molecule is CCCN(CCO)CC(O)COCc1ccccc1. The minimum absolute atomic E-state index is 0.123. The highest BCUT2D eigenvalue weighted by atomic mass is 16.5. The summed E-state index contributed by atoms with van der Waals surface area (Å²) >= 11 is 0. The van der Waals surface area contributed by atoms with E-state index < -0.39 is 6.10 Å². The molecule has 1 aromatic carbocycles. The second-order valence-electron chi connectivity index (χ2n) is 4.68. The van der Waals surface area contributed by atoms with E-state index in [-0.39, 0.29) is 6.61 Å². The molecule has 0 amide bonds. The van der Waals surface area contributed by atoms with Crippen molar-refractivity contribution in [3.05, 3.63) is 35.9 Å². The Kier molecular flexibility index (Phi) is 8.41. The summed E-state index contributed by atoms with van der Waals surface area (Å²) in [5.74, 6) is 0. The van der Waals surface area contributed by atoms with Crippen LogP contribution >= 0.6 is 0 Å². The minimum Gasteiger partial charge on any atom is -0.395 e. The molecule has 0 aliphatic rings. The number of rotatable bonds is 10. The van der Waals surface area contributed by atoms with Crippen LogP contribution in [-0.4, -0.2) is 54.1 Å². The quantitative estimate of drug-likeness (QED) is 0.670. The first-order chi connectivity index (χ1) is 9.26. The molecule has 0 saturated heterocycles. The zero-order valence-corrected chi connectivity index (χ0v) is 11.7. The smallest absolute Gasteiger partial charge is 0.0900 e. The summed E-state index contributed by atoms with van der Waals surface area (Å²) in [5.41, 5.74) is 1.11. The third kappa shape index (κ3) is 7.28. The third-order valence-corrected chi connectivity index (χ3v) is 2.85. The molecule has 0 radical (unpaired) electrons. The predicted octanol–water partition coefficient (Wildman–Crippen LogP) is 1.27. The van der Waals surface area contributed by atoms with Crippen LogP contribution in [0.5, 0.6) is 0 Å². The Morgan fingerprint density at radius 3 is 2.58 bits per heavy atom. The first-order valence-electron chi connectivity index (χ1n) is 6.89. The summed E-state index contributed by atoms with van der Waals surface area (Å²) in [4.78, 5) is 2.05. The maximum Gasteiger partial charge on any atom is 0.0900 e. The summed E-state index contributed by atoms with van der Waals surface area (Å²) in [7, 11) is 0. The van der Waals surface area contributed by atoms with E-state index in [2.05, 4.69) is 11.8 Å². The van der Waals surface area contributed by atoms with E-state index in [4.69, 9.17) is 9.84 Å². The number of ether oxygens (including phenoxy) is 1. The number of aliphatic hydroxyl groups excluding tert-OH is 2. The number of aliphatic hydroxyl groups is 2. The van der Waals surface area contributed by atoms with Crippen LogP contribution in [0.4, 0.5) is 0 Å². The van der Waals surface area contributed by atoms with E-state index in [0.717, 1.165) is 18.5 Å². The standard InChI is InChI=1S/C15H25NO3/c1-2-8-16(9-10-17)11-15(18)13-19-12-14-6-4-3-5-7-14/h3-7,15,17-18H,2,8-13H2,1H3. The van der Waals surface area contributed by atoms with E-state index in [1.807, 2.05) is 30.3 Å².